The van der Waals surface area contributed by atoms with Crippen LogP contribution in [0.4, 0.5) is 0 Å². The lowest BCUT2D eigenvalue weighted by Gasteiger charge is -2.44. The molecule has 4 heterocycles. The van der Waals surface area contributed by atoms with E-state index in [1.54, 1.807) is 0 Å². The number of rotatable bonds is 4. The van der Waals surface area contributed by atoms with Crippen LogP contribution in [0.25, 0.3) is 0 Å². The highest BCUT2D eigenvalue weighted by molar-refractivity contribution is 5.07. The van der Waals surface area contributed by atoms with Gasteiger partial charge in [-0.3, -0.25) is 19.6 Å². The van der Waals surface area contributed by atoms with Gasteiger partial charge in [-0.2, -0.15) is 0 Å². The van der Waals surface area contributed by atoms with Crippen LogP contribution >= 0.6 is 0 Å². The molecule has 4 fully saturated rings. The van der Waals surface area contributed by atoms with E-state index >= 15 is 0 Å². The average Bonchev–Trinajstić information content (AvgIpc) is 3.20. The van der Waals surface area contributed by atoms with E-state index in [1.807, 2.05) is 0 Å². The first-order valence-corrected chi connectivity index (χ1v) is 12.2. The van der Waals surface area contributed by atoms with Crippen molar-refractivity contribution in [2.24, 2.45) is 0 Å². The molecule has 6 atom stereocenters. The minimum Gasteiger partial charge on any atom is -0.374 e. The van der Waals surface area contributed by atoms with Crippen LogP contribution in [0, 0.1) is 0 Å². The SMILES string of the molecule is C[C@H]1C2C(CN1C(C)(C)CC[C@@H]1C3OCCN(C)C3CN1C(C)(C)C)OCCN2C. The van der Waals surface area contributed by atoms with E-state index in [0.717, 1.165) is 39.4 Å². The minimum atomic E-state index is 0.156. The molecule has 0 aromatic rings. The molecule has 6 heteroatoms. The Balaban J connectivity index is 1.46. The van der Waals surface area contributed by atoms with Crippen molar-refractivity contribution >= 4 is 0 Å². The quantitative estimate of drug-likeness (QED) is 0.690. The van der Waals surface area contributed by atoms with Crippen LogP contribution in [0.1, 0.15) is 54.4 Å². The summed E-state index contributed by atoms with van der Waals surface area (Å²) in [5, 5.41) is 0. The van der Waals surface area contributed by atoms with Crippen LogP contribution in [0.15, 0.2) is 0 Å². The molecule has 0 amide bonds. The van der Waals surface area contributed by atoms with Gasteiger partial charge in [0.25, 0.3) is 0 Å². The third-order valence-corrected chi connectivity index (χ3v) is 8.58. The normalized spacial score (nSPS) is 40.0. The molecule has 0 aromatic carbocycles. The maximum atomic E-state index is 6.39. The lowest BCUT2D eigenvalue weighted by molar-refractivity contribution is -0.0607. The van der Waals surface area contributed by atoms with Crippen LogP contribution in [0.5, 0.6) is 0 Å². The highest BCUT2D eigenvalue weighted by Gasteiger charge is 2.51. The lowest BCUT2D eigenvalue weighted by Crippen LogP contribution is -2.54. The predicted molar refractivity (Wildman–Crippen MR) is 122 cm³/mol. The van der Waals surface area contributed by atoms with E-state index in [-0.39, 0.29) is 11.1 Å². The molecule has 4 rings (SSSR count). The molecule has 4 aliphatic heterocycles. The molecular formula is C24H46N4O2. The summed E-state index contributed by atoms with van der Waals surface area (Å²) in [7, 11) is 4.54. The first-order valence-electron chi connectivity index (χ1n) is 12.2. The molecule has 4 unspecified atom stereocenters. The molecule has 0 radical (unpaired) electrons. The number of morpholine rings is 2. The molecular weight excluding hydrogens is 376 g/mol. The molecule has 4 saturated heterocycles. The molecule has 0 spiro atoms. The summed E-state index contributed by atoms with van der Waals surface area (Å²) in [6.45, 7) is 20.4. The summed E-state index contributed by atoms with van der Waals surface area (Å²) in [5.41, 5.74) is 0.325. The van der Waals surface area contributed by atoms with Gasteiger partial charge in [0.05, 0.1) is 31.5 Å². The highest BCUT2D eigenvalue weighted by atomic mass is 16.5. The molecule has 30 heavy (non-hydrogen) atoms. The number of ether oxygens (including phenoxy) is 2. The number of hydrogen-bond acceptors (Lipinski definition) is 6. The van der Waals surface area contributed by atoms with Crippen LogP contribution in [0.2, 0.25) is 0 Å². The fourth-order valence-corrected chi connectivity index (χ4v) is 6.78. The third-order valence-electron chi connectivity index (χ3n) is 8.58. The Labute approximate surface area is 184 Å². The maximum absolute atomic E-state index is 6.39. The summed E-state index contributed by atoms with van der Waals surface area (Å²) in [4.78, 5) is 10.5. The fourth-order valence-electron chi connectivity index (χ4n) is 6.78. The monoisotopic (exact) mass is 422 g/mol. The van der Waals surface area contributed by atoms with Crippen LogP contribution in [-0.2, 0) is 9.47 Å². The van der Waals surface area contributed by atoms with Crippen LogP contribution < -0.4 is 0 Å². The van der Waals surface area contributed by atoms with Crippen molar-refractivity contribution in [3.8, 4) is 0 Å². The number of hydrogen-bond donors (Lipinski definition) is 0. The zero-order chi connectivity index (χ0) is 21.8. The predicted octanol–water partition coefficient (Wildman–Crippen LogP) is 2.13. The zero-order valence-electron chi connectivity index (χ0n) is 20.7. The topological polar surface area (TPSA) is 31.4 Å². The van der Waals surface area contributed by atoms with Gasteiger partial charge in [-0.1, -0.05) is 0 Å². The Morgan fingerprint density at radius 3 is 2.20 bits per heavy atom. The largest absolute Gasteiger partial charge is 0.374 e. The van der Waals surface area contributed by atoms with Crippen molar-refractivity contribution in [2.75, 3.05) is 53.5 Å². The number of fused-ring (bicyclic) bond motifs is 2. The zero-order valence-corrected chi connectivity index (χ0v) is 20.7. The van der Waals surface area contributed by atoms with E-state index in [4.69, 9.17) is 9.47 Å². The van der Waals surface area contributed by atoms with Gasteiger partial charge >= 0.3 is 0 Å². The highest BCUT2D eigenvalue weighted by Crippen LogP contribution is 2.39. The lowest BCUT2D eigenvalue weighted by atomic mass is 9.89. The summed E-state index contributed by atoms with van der Waals surface area (Å²) in [6, 6.07) is 2.08. The minimum absolute atomic E-state index is 0.156. The standard InChI is InChI=1S/C24H46N4O2/c1-17-21-20(29-13-12-26(21)8)16-27(17)24(5,6)10-9-18-22-19(25(7)11-14-30-22)15-28(18)23(2,3)4/h17-22H,9-16H2,1-8H3/t17-,18+,19?,20?,21?,22?/m0/s1. The Morgan fingerprint density at radius 1 is 0.867 bits per heavy atom. The first-order chi connectivity index (χ1) is 14.0. The third kappa shape index (κ3) is 4.08. The smallest absolute Gasteiger partial charge is 0.0898 e. The van der Waals surface area contributed by atoms with Gasteiger partial charge in [0.2, 0.25) is 0 Å². The van der Waals surface area contributed by atoms with Gasteiger partial charge in [0, 0.05) is 55.4 Å². The summed E-state index contributed by atoms with van der Waals surface area (Å²) in [6.07, 6.45) is 3.07. The molecule has 174 valence electrons. The van der Waals surface area contributed by atoms with Crippen LogP contribution in [-0.4, -0.2) is 121 Å². The molecule has 0 N–H and O–H groups in total. The Morgan fingerprint density at radius 2 is 1.53 bits per heavy atom. The average molecular weight is 423 g/mol. The van der Waals surface area contributed by atoms with E-state index in [2.05, 4.69) is 75.2 Å². The summed E-state index contributed by atoms with van der Waals surface area (Å²) in [5.74, 6) is 0. The Bertz CT molecular complexity index is 607. The maximum Gasteiger partial charge on any atom is 0.0898 e. The molecule has 6 nitrogen and oxygen atoms in total. The van der Waals surface area contributed by atoms with Crippen molar-refractivity contribution in [1.82, 2.24) is 19.6 Å². The first kappa shape index (κ1) is 22.9. The van der Waals surface area contributed by atoms with Gasteiger partial charge < -0.3 is 9.47 Å². The van der Waals surface area contributed by atoms with Gasteiger partial charge in [0.15, 0.2) is 0 Å². The van der Waals surface area contributed by atoms with Gasteiger partial charge in [-0.15, -0.1) is 0 Å². The van der Waals surface area contributed by atoms with Gasteiger partial charge in [-0.25, -0.2) is 0 Å². The molecule has 0 aromatic heterocycles. The molecule has 0 aliphatic carbocycles. The van der Waals surface area contributed by atoms with E-state index in [1.165, 1.54) is 12.8 Å². The summed E-state index contributed by atoms with van der Waals surface area (Å²) >= 11 is 0. The molecule has 0 saturated carbocycles. The van der Waals surface area contributed by atoms with E-state index < -0.39 is 0 Å². The van der Waals surface area contributed by atoms with Crippen LogP contribution in [0.3, 0.4) is 0 Å². The van der Waals surface area contributed by atoms with E-state index in [0.29, 0.717) is 36.4 Å². The van der Waals surface area contributed by atoms with Gasteiger partial charge in [-0.05, 0) is 68.5 Å². The van der Waals surface area contributed by atoms with Crippen molar-refractivity contribution < 1.29 is 9.47 Å². The van der Waals surface area contributed by atoms with Crippen molar-refractivity contribution in [1.29, 1.82) is 0 Å². The number of nitrogens with zero attached hydrogens (tertiary/aromatic N) is 4. The summed E-state index contributed by atoms with van der Waals surface area (Å²) < 4.78 is 12.6. The van der Waals surface area contributed by atoms with Gasteiger partial charge in [0.1, 0.15) is 0 Å². The second-order valence-corrected chi connectivity index (χ2v) is 11.9. The Hall–Kier alpha value is -0.240. The molecule has 0 bridgehead atoms. The van der Waals surface area contributed by atoms with Crippen molar-refractivity contribution in [2.45, 2.75) is 102 Å². The second kappa shape index (κ2) is 8.27. The molecule has 4 aliphatic rings. The Kier molecular flexibility index (Phi) is 6.32. The number of likely N-dealkylation sites (tertiary alicyclic amines) is 2. The fraction of sp³-hybridized carbons (Fsp3) is 1.00. The van der Waals surface area contributed by atoms with Crippen molar-refractivity contribution in [3.63, 3.8) is 0 Å². The van der Waals surface area contributed by atoms with Crippen molar-refractivity contribution in [3.05, 3.63) is 0 Å². The number of likely N-dealkylation sites (N-methyl/N-ethyl adjacent to an activating group) is 2. The van der Waals surface area contributed by atoms with E-state index in [9.17, 15) is 0 Å². The second-order valence-electron chi connectivity index (χ2n) is 11.9.